The van der Waals surface area contributed by atoms with Gasteiger partial charge in [-0.3, -0.25) is 4.79 Å². The molecule has 1 heterocycles. The Morgan fingerprint density at radius 2 is 1.80 bits per heavy atom. The fourth-order valence-corrected chi connectivity index (χ4v) is 2.93. The fourth-order valence-electron chi connectivity index (χ4n) is 2.93. The first kappa shape index (κ1) is 21.0. The predicted molar refractivity (Wildman–Crippen MR) is 115 cm³/mol. The highest BCUT2D eigenvalue weighted by molar-refractivity contribution is 5.94. The molecule has 0 aliphatic rings. The van der Waals surface area contributed by atoms with Gasteiger partial charge in [0, 0.05) is 23.1 Å². The third kappa shape index (κ3) is 5.23. The van der Waals surface area contributed by atoms with E-state index in [-0.39, 0.29) is 6.61 Å². The molecule has 0 saturated heterocycles. The van der Waals surface area contributed by atoms with E-state index in [2.05, 4.69) is 5.32 Å². The Labute approximate surface area is 174 Å². The van der Waals surface area contributed by atoms with Gasteiger partial charge in [0.2, 0.25) is 5.91 Å². The van der Waals surface area contributed by atoms with Gasteiger partial charge in [0.1, 0.15) is 18.2 Å². The van der Waals surface area contributed by atoms with Crippen molar-refractivity contribution in [2.75, 3.05) is 0 Å². The second-order valence-electron chi connectivity index (χ2n) is 7.11. The summed E-state index contributed by atoms with van der Waals surface area (Å²) in [5, 5.41) is 3.29. The molecule has 6 nitrogen and oxygen atoms in total. The van der Waals surface area contributed by atoms with Crippen LogP contribution in [-0.4, -0.2) is 17.9 Å². The molecule has 0 aliphatic heterocycles. The van der Waals surface area contributed by atoms with E-state index in [0.29, 0.717) is 16.5 Å². The molecule has 0 saturated carbocycles. The number of esters is 1. The highest BCUT2D eigenvalue weighted by Crippen LogP contribution is 2.22. The third-order valence-electron chi connectivity index (χ3n) is 4.75. The lowest BCUT2D eigenvalue weighted by Gasteiger charge is -2.13. The monoisotopic (exact) mass is 405 g/mol. The van der Waals surface area contributed by atoms with Crippen molar-refractivity contribution in [3.8, 4) is 0 Å². The Kier molecular flexibility index (Phi) is 6.47. The SMILES string of the molecule is Cc1cc2oc(=O)cc(COC(=O)[C@H](C)NC(=O)/C=C/c3ccccc3)c2cc1C. The van der Waals surface area contributed by atoms with Crippen LogP contribution in [0.15, 0.2) is 63.8 Å². The largest absolute Gasteiger partial charge is 0.459 e. The molecule has 3 aromatic rings. The summed E-state index contributed by atoms with van der Waals surface area (Å²) >= 11 is 0. The molecule has 0 unspecified atom stereocenters. The van der Waals surface area contributed by atoms with Gasteiger partial charge in [0.15, 0.2) is 0 Å². The van der Waals surface area contributed by atoms with Crippen LogP contribution in [0.25, 0.3) is 17.0 Å². The van der Waals surface area contributed by atoms with Crippen molar-refractivity contribution in [1.82, 2.24) is 5.32 Å². The molecule has 1 amide bonds. The smallest absolute Gasteiger partial charge is 0.336 e. The first-order valence-corrected chi connectivity index (χ1v) is 9.58. The van der Waals surface area contributed by atoms with Crippen molar-refractivity contribution in [1.29, 1.82) is 0 Å². The zero-order valence-electron chi connectivity index (χ0n) is 17.1. The number of fused-ring (bicyclic) bond motifs is 1. The van der Waals surface area contributed by atoms with Gasteiger partial charge in [0.05, 0.1) is 0 Å². The van der Waals surface area contributed by atoms with Crippen LogP contribution in [0.2, 0.25) is 0 Å². The number of aryl methyl sites for hydroxylation is 2. The summed E-state index contributed by atoms with van der Waals surface area (Å²) in [6.07, 6.45) is 3.02. The lowest BCUT2D eigenvalue weighted by molar-refractivity contribution is -0.148. The van der Waals surface area contributed by atoms with Crippen LogP contribution in [0.5, 0.6) is 0 Å². The second kappa shape index (κ2) is 9.22. The van der Waals surface area contributed by atoms with E-state index in [0.717, 1.165) is 16.7 Å². The van der Waals surface area contributed by atoms with Crippen molar-refractivity contribution in [3.63, 3.8) is 0 Å². The van der Waals surface area contributed by atoms with Gasteiger partial charge >= 0.3 is 11.6 Å². The number of carbonyl (C=O) groups excluding carboxylic acids is 2. The van der Waals surface area contributed by atoms with E-state index in [1.807, 2.05) is 50.2 Å². The van der Waals surface area contributed by atoms with Crippen LogP contribution in [0.1, 0.15) is 29.2 Å². The number of ether oxygens (including phenoxy) is 1. The van der Waals surface area contributed by atoms with E-state index < -0.39 is 23.5 Å². The van der Waals surface area contributed by atoms with Crippen LogP contribution in [0.3, 0.4) is 0 Å². The third-order valence-corrected chi connectivity index (χ3v) is 4.75. The molecular formula is C24H23NO5. The predicted octanol–water partition coefficient (Wildman–Crippen LogP) is 3.67. The fraction of sp³-hybridized carbons (Fsp3) is 0.208. The van der Waals surface area contributed by atoms with E-state index in [1.165, 1.54) is 12.1 Å². The number of amides is 1. The number of hydrogen-bond donors (Lipinski definition) is 1. The lowest BCUT2D eigenvalue weighted by atomic mass is 10.0. The minimum Gasteiger partial charge on any atom is -0.459 e. The van der Waals surface area contributed by atoms with Crippen LogP contribution in [0, 0.1) is 13.8 Å². The summed E-state index contributed by atoms with van der Waals surface area (Å²) in [5.74, 6) is -0.998. The van der Waals surface area contributed by atoms with Crippen molar-refractivity contribution in [3.05, 3.63) is 87.3 Å². The molecule has 154 valence electrons. The zero-order valence-corrected chi connectivity index (χ0v) is 17.1. The van der Waals surface area contributed by atoms with Gasteiger partial charge in [-0.2, -0.15) is 0 Å². The highest BCUT2D eigenvalue weighted by Gasteiger charge is 2.17. The summed E-state index contributed by atoms with van der Waals surface area (Å²) in [6, 6.07) is 13.5. The topological polar surface area (TPSA) is 85.6 Å². The molecular weight excluding hydrogens is 382 g/mol. The molecule has 1 aromatic heterocycles. The molecule has 0 fully saturated rings. The van der Waals surface area contributed by atoms with Gasteiger partial charge in [0.25, 0.3) is 0 Å². The number of nitrogens with one attached hydrogen (secondary N) is 1. The van der Waals surface area contributed by atoms with Crippen LogP contribution in [0.4, 0.5) is 0 Å². The van der Waals surface area contributed by atoms with Crippen LogP contribution < -0.4 is 10.9 Å². The molecule has 0 radical (unpaired) electrons. The standard InChI is InChI=1S/C24H23NO5/c1-15-11-20-19(13-23(27)30-21(20)12-16(15)2)14-29-24(28)17(3)25-22(26)10-9-18-7-5-4-6-8-18/h4-13,17H,14H2,1-3H3,(H,25,26)/b10-9+/t17-/m0/s1. The van der Waals surface area contributed by atoms with Gasteiger partial charge < -0.3 is 14.5 Å². The quantitative estimate of drug-likeness (QED) is 0.384. The average Bonchev–Trinajstić information content (AvgIpc) is 2.72. The minimum atomic E-state index is -0.840. The highest BCUT2D eigenvalue weighted by atomic mass is 16.5. The van der Waals surface area contributed by atoms with Crippen molar-refractivity contribution < 1.29 is 18.7 Å². The summed E-state index contributed by atoms with van der Waals surface area (Å²) in [6.45, 7) is 5.33. The molecule has 30 heavy (non-hydrogen) atoms. The van der Waals surface area contributed by atoms with E-state index in [4.69, 9.17) is 9.15 Å². The average molecular weight is 405 g/mol. The normalized spacial score (nSPS) is 12.1. The summed E-state index contributed by atoms with van der Waals surface area (Å²) < 4.78 is 10.6. The van der Waals surface area contributed by atoms with Gasteiger partial charge in [-0.05, 0) is 55.7 Å². The maximum absolute atomic E-state index is 12.3. The lowest BCUT2D eigenvalue weighted by Crippen LogP contribution is -2.38. The van der Waals surface area contributed by atoms with Crippen molar-refractivity contribution in [2.24, 2.45) is 0 Å². The van der Waals surface area contributed by atoms with E-state index in [1.54, 1.807) is 19.1 Å². The summed E-state index contributed by atoms with van der Waals surface area (Å²) in [7, 11) is 0. The van der Waals surface area contributed by atoms with Crippen molar-refractivity contribution >= 4 is 28.9 Å². The van der Waals surface area contributed by atoms with Crippen molar-refractivity contribution in [2.45, 2.75) is 33.4 Å². The Morgan fingerprint density at radius 3 is 2.53 bits per heavy atom. The zero-order chi connectivity index (χ0) is 21.7. The Balaban J connectivity index is 1.64. The van der Waals surface area contributed by atoms with E-state index >= 15 is 0 Å². The molecule has 3 rings (SSSR count). The van der Waals surface area contributed by atoms with Crippen LogP contribution >= 0.6 is 0 Å². The Bertz CT molecular complexity index is 1160. The van der Waals surface area contributed by atoms with Crippen LogP contribution in [-0.2, 0) is 20.9 Å². The maximum Gasteiger partial charge on any atom is 0.336 e. The Hall–Kier alpha value is -3.67. The first-order chi connectivity index (χ1) is 14.3. The number of rotatable bonds is 6. The Morgan fingerprint density at radius 1 is 1.10 bits per heavy atom. The number of hydrogen-bond acceptors (Lipinski definition) is 5. The molecule has 0 aliphatic carbocycles. The molecule has 1 atom stereocenters. The minimum absolute atomic E-state index is 0.0938. The van der Waals surface area contributed by atoms with Gasteiger partial charge in [-0.1, -0.05) is 30.3 Å². The number of benzene rings is 2. The first-order valence-electron chi connectivity index (χ1n) is 9.58. The molecule has 1 N–H and O–H groups in total. The van der Waals surface area contributed by atoms with E-state index in [9.17, 15) is 14.4 Å². The molecule has 0 bridgehead atoms. The maximum atomic E-state index is 12.3. The summed E-state index contributed by atoms with van der Waals surface area (Å²) in [5.41, 5.74) is 3.41. The molecule has 2 aromatic carbocycles. The second-order valence-corrected chi connectivity index (χ2v) is 7.11. The number of carbonyl (C=O) groups is 2. The van der Waals surface area contributed by atoms with Gasteiger partial charge in [-0.15, -0.1) is 0 Å². The summed E-state index contributed by atoms with van der Waals surface area (Å²) in [4.78, 5) is 36.2. The molecule has 0 spiro atoms. The molecule has 6 heteroatoms. The van der Waals surface area contributed by atoms with Gasteiger partial charge in [-0.25, -0.2) is 9.59 Å².